The third kappa shape index (κ3) is 1.92. The minimum absolute atomic E-state index is 0.0684. The predicted molar refractivity (Wildman–Crippen MR) is 52.1 cm³/mol. The third-order valence-corrected chi connectivity index (χ3v) is 2.05. The molecule has 0 aliphatic rings. The fraction of sp³-hybridized carbons (Fsp3) is 0.444. The van der Waals surface area contributed by atoms with Gasteiger partial charge in [0.05, 0.1) is 0 Å². The number of anilines is 2. The number of rotatable bonds is 2. The van der Waals surface area contributed by atoms with Gasteiger partial charge in [-0.15, -0.1) is 0 Å². The van der Waals surface area contributed by atoms with Gasteiger partial charge in [-0.3, -0.25) is 0 Å². The lowest BCUT2D eigenvalue weighted by Crippen LogP contribution is -2.28. The van der Waals surface area contributed by atoms with E-state index in [1.807, 2.05) is 13.8 Å². The smallest absolute Gasteiger partial charge is 0.168 e. The second kappa shape index (κ2) is 3.77. The lowest BCUT2D eigenvalue weighted by molar-refractivity contribution is 0.569. The number of aromatic nitrogens is 1. The molecule has 14 heavy (non-hydrogen) atoms. The highest BCUT2D eigenvalue weighted by atomic mass is 19.1. The molecule has 0 unspecified atom stereocenters. The second-order valence-electron chi connectivity index (χ2n) is 3.37. The zero-order valence-electron chi connectivity index (χ0n) is 8.38. The molecule has 0 fully saturated rings. The Kier molecular flexibility index (Phi) is 2.88. The molecule has 0 amide bonds. The molecule has 2 N–H and O–H groups in total. The highest BCUT2D eigenvalue weighted by molar-refractivity contribution is 5.47. The first kappa shape index (κ1) is 10.7. The molecule has 0 spiro atoms. The number of nitrogens with zero attached hydrogens (tertiary/aromatic N) is 2. The molecular weight excluding hydrogens is 188 g/mol. The van der Waals surface area contributed by atoms with Crippen molar-refractivity contribution in [3.8, 4) is 0 Å². The van der Waals surface area contributed by atoms with E-state index in [0.717, 1.165) is 6.07 Å². The first-order chi connectivity index (χ1) is 6.43. The van der Waals surface area contributed by atoms with Gasteiger partial charge < -0.3 is 10.6 Å². The maximum absolute atomic E-state index is 13.2. The first-order valence-corrected chi connectivity index (χ1v) is 4.27. The van der Waals surface area contributed by atoms with Gasteiger partial charge in [0.1, 0.15) is 0 Å². The summed E-state index contributed by atoms with van der Waals surface area (Å²) in [6.07, 6.45) is 0. The van der Waals surface area contributed by atoms with E-state index >= 15 is 0 Å². The van der Waals surface area contributed by atoms with E-state index in [4.69, 9.17) is 5.73 Å². The largest absolute Gasteiger partial charge is 0.381 e. The van der Waals surface area contributed by atoms with E-state index in [1.165, 1.54) is 0 Å². The van der Waals surface area contributed by atoms with E-state index < -0.39 is 11.6 Å². The summed E-state index contributed by atoms with van der Waals surface area (Å²) in [6, 6.07) is 0.818. The lowest BCUT2D eigenvalue weighted by Gasteiger charge is -2.23. The first-order valence-electron chi connectivity index (χ1n) is 4.27. The van der Waals surface area contributed by atoms with Crippen LogP contribution in [0.5, 0.6) is 0 Å². The summed E-state index contributed by atoms with van der Waals surface area (Å²) in [5.41, 5.74) is 5.25. The van der Waals surface area contributed by atoms with E-state index in [1.54, 1.807) is 11.9 Å². The predicted octanol–water partition coefficient (Wildman–Crippen LogP) is 1.79. The molecule has 0 bridgehead atoms. The summed E-state index contributed by atoms with van der Waals surface area (Å²) >= 11 is 0. The Bertz CT molecular complexity index is 339. The van der Waals surface area contributed by atoms with Gasteiger partial charge in [0, 0.05) is 19.2 Å². The SMILES string of the molecule is CC(C)N(C)c1nc(N)c(F)cc1F. The average molecular weight is 201 g/mol. The summed E-state index contributed by atoms with van der Waals surface area (Å²) in [5.74, 6) is -1.75. The molecule has 1 aromatic rings. The van der Waals surface area contributed by atoms with Gasteiger partial charge in [0.15, 0.2) is 23.3 Å². The molecule has 5 heteroatoms. The van der Waals surface area contributed by atoms with Gasteiger partial charge in [-0.2, -0.15) is 0 Å². The minimum atomic E-state index is -0.830. The van der Waals surface area contributed by atoms with Crippen molar-refractivity contribution in [2.45, 2.75) is 19.9 Å². The van der Waals surface area contributed by atoms with E-state index in [-0.39, 0.29) is 17.7 Å². The Labute approximate surface area is 81.5 Å². The van der Waals surface area contributed by atoms with Crippen LogP contribution in [0.4, 0.5) is 20.4 Å². The summed E-state index contributed by atoms with van der Waals surface area (Å²) in [7, 11) is 1.67. The summed E-state index contributed by atoms with van der Waals surface area (Å²) in [6.45, 7) is 3.75. The zero-order valence-corrected chi connectivity index (χ0v) is 8.38. The van der Waals surface area contributed by atoms with Crippen molar-refractivity contribution >= 4 is 11.6 Å². The fourth-order valence-corrected chi connectivity index (χ4v) is 0.963. The van der Waals surface area contributed by atoms with Crippen molar-refractivity contribution in [3.63, 3.8) is 0 Å². The van der Waals surface area contributed by atoms with Crippen LogP contribution in [-0.2, 0) is 0 Å². The van der Waals surface area contributed by atoms with Gasteiger partial charge in [-0.05, 0) is 13.8 Å². The molecule has 0 saturated heterocycles. The monoisotopic (exact) mass is 201 g/mol. The number of hydrogen-bond acceptors (Lipinski definition) is 3. The average Bonchev–Trinajstić information content (AvgIpc) is 2.10. The highest BCUT2D eigenvalue weighted by Crippen LogP contribution is 2.20. The molecule has 0 radical (unpaired) electrons. The maximum Gasteiger partial charge on any atom is 0.168 e. The number of nitrogens with two attached hydrogens (primary N) is 1. The van der Waals surface area contributed by atoms with Crippen molar-refractivity contribution in [3.05, 3.63) is 17.7 Å². The quantitative estimate of drug-likeness (QED) is 0.793. The van der Waals surface area contributed by atoms with Crippen LogP contribution in [0.2, 0.25) is 0 Å². The normalized spacial score (nSPS) is 10.7. The van der Waals surface area contributed by atoms with Crippen molar-refractivity contribution in [1.82, 2.24) is 4.98 Å². The van der Waals surface area contributed by atoms with Gasteiger partial charge >= 0.3 is 0 Å². The summed E-state index contributed by atoms with van der Waals surface area (Å²) < 4.78 is 26.0. The summed E-state index contributed by atoms with van der Waals surface area (Å²) in [4.78, 5) is 5.24. The van der Waals surface area contributed by atoms with Crippen LogP contribution in [0.3, 0.4) is 0 Å². The Hall–Kier alpha value is -1.39. The van der Waals surface area contributed by atoms with Crippen LogP contribution in [-0.4, -0.2) is 18.1 Å². The van der Waals surface area contributed by atoms with E-state index in [2.05, 4.69) is 4.98 Å². The highest BCUT2D eigenvalue weighted by Gasteiger charge is 2.15. The molecule has 0 atom stereocenters. The maximum atomic E-state index is 13.2. The fourth-order valence-electron chi connectivity index (χ4n) is 0.963. The molecule has 78 valence electrons. The number of nitrogen functional groups attached to an aromatic ring is 1. The topological polar surface area (TPSA) is 42.2 Å². The molecule has 0 aliphatic carbocycles. The molecule has 3 nitrogen and oxygen atoms in total. The van der Waals surface area contributed by atoms with Gasteiger partial charge in [0.25, 0.3) is 0 Å². The minimum Gasteiger partial charge on any atom is -0.381 e. The van der Waals surface area contributed by atoms with Crippen LogP contribution in [0.25, 0.3) is 0 Å². The summed E-state index contributed by atoms with van der Waals surface area (Å²) in [5, 5.41) is 0. The Morgan fingerprint density at radius 1 is 1.36 bits per heavy atom. The van der Waals surface area contributed by atoms with Crippen molar-refractivity contribution in [2.75, 3.05) is 17.7 Å². The molecule has 1 heterocycles. The van der Waals surface area contributed by atoms with Crippen LogP contribution in [0, 0.1) is 11.6 Å². The molecule has 0 aromatic carbocycles. The molecule has 0 saturated carbocycles. The van der Waals surface area contributed by atoms with E-state index in [9.17, 15) is 8.78 Å². The van der Waals surface area contributed by atoms with Gasteiger partial charge in [0.2, 0.25) is 0 Å². The standard InChI is InChI=1S/C9H13F2N3/c1-5(2)14(3)9-7(11)4-6(10)8(12)13-9/h4-5H,1-3H3,(H2,12,13). The second-order valence-corrected chi connectivity index (χ2v) is 3.37. The zero-order chi connectivity index (χ0) is 10.9. The van der Waals surface area contributed by atoms with Crippen molar-refractivity contribution in [2.24, 2.45) is 0 Å². The van der Waals surface area contributed by atoms with Crippen LogP contribution in [0.15, 0.2) is 6.07 Å². The Balaban J connectivity index is 3.15. The van der Waals surface area contributed by atoms with Crippen LogP contribution in [0.1, 0.15) is 13.8 Å². The van der Waals surface area contributed by atoms with Crippen molar-refractivity contribution in [1.29, 1.82) is 0 Å². The number of halogens is 2. The molecule has 0 aliphatic heterocycles. The Morgan fingerprint density at radius 3 is 2.43 bits per heavy atom. The van der Waals surface area contributed by atoms with Gasteiger partial charge in [-0.1, -0.05) is 0 Å². The lowest BCUT2D eigenvalue weighted by atomic mass is 10.3. The molecule has 1 aromatic heterocycles. The molecule has 1 rings (SSSR count). The van der Waals surface area contributed by atoms with E-state index in [0.29, 0.717) is 0 Å². The van der Waals surface area contributed by atoms with Crippen LogP contribution >= 0.6 is 0 Å². The Morgan fingerprint density at radius 2 is 1.93 bits per heavy atom. The number of hydrogen-bond donors (Lipinski definition) is 1. The van der Waals surface area contributed by atoms with Crippen LogP contribution < -0.4 is 10.6 Å². The van der Waals surface area contributed by atoms with Crippen molar-refractivity contribution < 1.29 is 8.78 Å². The molecular formula is C9H13F2N3. The third-order valence-electron chi connectivity index (χ3n) is 2.05. The number of pyridine rings is 1. The van der Waals surface area contributed by atoms with Gasteiger partial charge in [-0.25, -0.2) is 13.8 Å².